The topological polar surface area (TPSA) is 98.0 Å². The third-order valence-electron chi connectivity index (χ3n) is 4.51. The Balaban J connectivity index is 1.67. The lowest BCUT2D eigenvalue weighted by molar-refractivity contribution is -0.119. The molecule has 27 heavy (non-hydrogen) atoms. The van der Waals surface area contributed by atoms with E-state index in [1.54, 1.807) is 13.1 Å². The third-order valence-corrected chi connectivity index (χ3v) is 4.51. The molecule has 0 atom stereocenters. The molecule has 1 amide bonds. The summed E-state index contributed by atoms with van der Waals surface area (Å²) < 4.78 is 11.3. The molecular weight excluding hydrogens is 344 g/mol. The highest BCUT2D eigenvalue weighted by molar-refractivity contribution is 5.79. The van der Waals surface area contributed by atoms with Gasteiger partial charge in [0.25, 0.3) is 5.91 Å². The van der Waals surface area contributed by atoms with Crippen LogP contribution in [0.5, 0.6) is 5.75 Å². The van der Waals surface area contributed by atoms with E-state index in [1.807, 2.05) is 18.2 Å². The van der Waals surface area contributed by atoms with E-state index < -0.39 is 5.91 Å². The third kappa shape index (κ3) is 8.77. The SMILES string of the molecule is CN=C(NCCOC1CCCCCC1)NCc1cccc(OCC(N)=O)c1. The van der Waals surface area contributed by atoms with E-state index in [-0.39, 0.29) is 6.61 Å². The molecule has 1 saturated carbocycles. The van der Waals surface area contributed by atoms with Crippen LogP contribution in [-0.4, -0.2) is 44.8 Å². The van der Waals surface area contributed by atoms with Gasteiger partial charge < -0.3 is 25.8 Å². The Bertz CT molecular complexity index is 599. The molecule has 0 aromatic heterocycles. The Kier molecular flexibility index (Phi) is 9.48. The van der Waals surface area contributed by atoms with Crippen molar-refractivity contribution in [1.82, 2.24) is 10.6 Å². The van der Waals surface area contributed by atoms with Gasteiger partial charge in [-0.25, -0.2) is 0 Å². The fourth-order valence-corrected chi connectivity index (χ4v) is 3.11. The van der Waals surface area contributed by atoms with Crippen molar-refractivity contribution in [3.8, 4) is 5.75 Å². The first kappa shape index (κ1) is 21.0. The lowest BCUT2D eigenvalue weighted by atomic mass is 10.1. The summed E-state index contributed by atoms with van der Waals surface area (Å²) in [6.07, 6.45) is 8.01. The molecule has 1 aromatic rings. The summed E-state index contributed by atoms with van der Waals surface area (Å²) in [6.45, 7) is 1.87. The minimum absolute atomic E-state index is 0.124. The van der Waals surface area contributed by atoms with Crippen LogP contribution < -0.4 is 21.1 Å². The Morgan fingerprint density at radius 1 is 1.22 bits per heavy atom. The normalized spacial score (nSPS) is 15.8. The molecule has 0 radical (unpaired) electrons. The van der Waals surface area contributed by atoms with Gasteiger partial charge in [0.05, 0.1) is 12.7 Å². The quantitative estimate of drug-likeness (QED) is 0.265. The van der Waals surface area contributed by atoms with Crippen LogP contribution >= 0.6 is 0 Å². The predicted molar refractivity (Wildman–Crippen MR) is 107 cm³/mol. The molecule has 1 aliphatic carbocycles. The van der Waals surface area contributed by atoms with E-state index in [4.69, 9.17) is 15.2 Å². The number of aliphatic imine (C=N–C) groups is 1. The molecule has 0 spiro atoms. The molecule has 150 valence electrons. The van der Waals surface area contributed by atoms with Gasteiger partial charge in [-0.15, -0.1) is 0 Å². The highest BCUT2D eigenvalue weighted by Crippen LogP contribution is 2.19. The van der Waals surface area contributed by atoms with Crippen molar-refractivity contribution in [3.05, 3.63) is 29.8 Å². The molecule has 1 fully saturated rings. The highest BCUT2D eigenvalue weighted by Gasteiger charge is 2.12. The number of guanidine groups is 1. The van der Waals surface area contributed by atoms with Crippen LogP contribution in [-0.2, 0) is 16.1 Å². The van der Waals surface area contributed by atoms with Crippen molar-refractivity contribution in [2.24, 2.45) is 10.7 Å². The van der Waals surface area contributed by atoms with Gasteiger partial charge in [0, 0.05) is 20.1 Å². The largest absolute Gasteiger partial charge is 0.484 e. The maximum Gasteiger partial charge on any atom is 0.255 e. The van der Waals surface area contributed by atoms with Gasteiger partial charge in [0.2, 0.25) is 0 Å². The number of hydrogen-bond acceptors (Lipinski definition) is 4. The number of nitrogens with zero attached hydrogens (tertiary/aromatic N) is 1. The van der Waals surface area contributed by atoms with Gasteiger partial charge in [-0.1, -0.05) is 37.8 Å². The van der Waals surface area contributed by atoms with Crippen LogP contribution in [0, 0.1) is 0 Å². The average molecular weight is 377 g/mol. The van der Waals surface area contributed by atoms with Crippen molar-refractivity contribution in [2.45, 2.75) is 51.2 Å². The Hall–Kier alpha value is -2.28. The van der Waals surface area contributed by atoms with E-state index in [2.05, 4.69) is 15.6 Å². The van der Waals surface area contributed by atoms with Crippen molar-refractivity contribution in [3.63, 3.8) is 0 Å². The van der Waals surface area contributed by atoms with Crippen molar-refractivity contribution < 1.29 is 14.3 Å². The predicted octanol–water partition coefficient (Wildman–Crippen LogP) is 1.96. The lowest BCUT2D eigenvalue weighted by Crippen LogP contribution is -2.38. The van der Waals surface area contributed by atoms with Gasteiger partial charge in [-0.3, -0.25) is 9.79 Å². The van der Waals surface area contributed by atoms with Crippen LogP contribution in [0.4, 0.5) is 0 Å². The highest BCUT2D eigenvalue weighted by atomic mass is 16.5. The first-order valence-electron chi connectivity index (χ1n) is 9.73. The van der Waals surface area contributed by atoms with E-state index >= 15 is 0 Å². The summed E-state index contributed by atoms with van der Waals surface area (Å²) in [4.78, 5) is 15.0. The van der Waals surface area contributed by atoms with Gasteiger partial charge in [0.1, 0.15) is 5.75 Å². The number of primary amides is 1. The summed E-state index contributed by atoms with van der Waals surface area (Å²) in [5, 5.41) is 6.53. The van der Waals surface area contributed by atoms with E-state index in [0.717, 1.165) is 18.1 Å². The zero-order valence-electron chi connectivity index (χ0n) is 16.2. The number of amides is 1. The standard InChI is InChI=1S/C20H32N4O3/c1-22-20(23-11-12-26-17-8-4-2-3-5-9-17)24-14-16-7-6-10-18(13-16)27-15-19(21)25/h6-7,10,13,17H,2-5,8-9,11-12,14-15H2,1H3,(H2,21,25)(H2,22,23,24). The minimum atomic E-state index is -0.491. The molecule has 0 aliphatic heterocycles. The molecule has 0 bridgehead atoms. The number of ether oxygens (including phenoxy) is 2. The summed E-state index contributed by atoms with van der Waals surface area (Å²) in [5.74, 6) is 0.852. The summed E-state index contributed by atoms with van der Waals surface area (Å²) in [6, 6.07) is 7.53. The molecule has 7 heteroatoms. The zero-order valence-corrected chi connectivity index (χ0v) is 16.2. The van der Waals surface area contributed by atoms with Gasteiger partial charge >= 0.3 is 0 Å². The molecule has 0 unspecified atom stereocenters. The van der Waals surface area contributed by atoms with Gasteiger partial charge in [0.15, 0.2) is 12.6 Å². The number of carbonyl (C=O) groups is 1. The number of nitrogens with two attached hydrogens (primary N) is 1. The van der Waals surface area contributed by atoms with Crippen molar-refractivity contribution in [2.75, 3.05) is 26.8 Å². The molecule has 2 rings (SSSR count). The second kappa shape index (κ2) is 12.2. The number of benzene rings is 1. The average Bonchev–Trinajstić information content (AvgIpc) is 2.95. The smallest absolute Gasteiger partial charge is 0.255 e. The summed E-state index contributed by atoms with van der Waals surface area (Å²) in [7, 11) is 1.74. The molecule has 1 aromatic carbocycles. The molecule has 0 saturated heterocycles. The Morgan fingerprint density at radius 3 is 2.70 bits per heavy atom. The summed E-state index contributed by atoms with van der Waals surface area (Å²) in [5.41, 5.74) is 6.12. The molecule has 0 heterocycles. The molecule has 1 aliphatic rings. The number of nitrogens with one attached hydrogen (secondary N) is 2. The molecule has 7 nitrogen and oxygen atoms in total. The van der Waals surface area contributed by atoms with Crippen molar-refractivity contribution in [1.29, 1.82) is 0 Å². The second-order valence-corrected chi connectivity index (χ2v) is 6.74. The fourth-order valence-electron chi connectivity index (χ4n) is 3.11. The van der Waals surface area contributed by atoms with Gasteiger partial charge in [-0.2, -0.15) is 0 Å². The molecule has 4 N–H and O–H groups in total. The lowest BCUT2D eigenvalue weighted by Gasteiger charge is -2.17. The van der Waals surface area contributed by atoms with Crippen molar-refractivity contribution >= 4 is 11.9 Å². The maximum absolute atomic E-state index is 10.8. The number of hydrogen-bond donors (Lipinski definition) is 3. The van der Waals surface area contributed by atoms with E-state index in [0.29, 0.717) is 25.0 Å². The number of rotatable bonds is 9. The Labute approximate surface area is 161 Å². The van der Waals surface area contributed by atoms with E-state index in [9.17, 15) is 4.79 Å². The van der Waals surface area contributed by atoms with Crippen LogP contribution in [0.1, 0.15) is 44.1 Å². The van der Waals surface area contributed by atoms with E-state index in [1.165, 1.54) is 38.5 Å². The van der Waals surface area contributed by atoms with Gasteiger partial charge in [-0.05, 0) is 30.5 Å². The first-order chi connectivity index (χ1) is 13.2. The second-order valence-electron chi connectivity index (χ2n) is 6.74. The minimum Gasteiger partial charge on any atom is -0.484 e. The van der Waals surface area contributed by atoms with Crippen LogP contribution in [0.15, 0.2) is 29.3 Å². The Morgan fingerprint density at radius 2 is 2.00 bits per heavy atom. The maximum atomic E-state index is 10.8. The number of carbonyl (C=O) groups excluding carboxylic acids is 1. The van der Waals surface area contributed by atoms with Crippen LogP contribution in [0.3, 0.4) is 0 Å². The van der Waals surface area contributed by atoms with Crippen LogP contribution in [0.25, 0.3) is 0 Å². The fraction of sp³-hybridized carbons (Fsp3) is 0.600. The zero-order chi connectivity index (χ0) is 19.3. The monoisotopic (exact) mass is 376 g/mol. The molecular formula is C20H32N4O3. The first-order valence-corrected chi connectivity index (χ1v) is 9.73. The summed E-state index contributed by atoms with van der Waals surface area (Å²) >= 11 is 0. The van der Waals surface area contributed by atoms with Crippen LogP contribution in [0.2, 0.25) is 0 Å².